The number of carbonyl (C=O) groups is 1. The summed E-state index contributed by atoms with van der Waals surface area (Å²) in [5.41, 5.74) is 2.58. The van der Waals surface area contributed by atoms with Crippen molar-refractivity contribution in [2.75, 3.05) is 17.1 Å². The first-order valence-electron chi connectivity index (χ1n) is 10.1. The van der Waals surface area contributed by atoms with Gasteiger partial charge in [0, 0.05) is 16.4 Å². The molecule has 0 aliphatic carbocycles. The van der Waals surface area contributed by atoms with Gasteiger partial charge in [-0.1, -0.05) is 11.6 Å². The summed E-state index contributed by atoms with van der Waals surface area (Å²) in [6, 6.07) is 15.9. The third-order valence-electron chi connectivity index (χ3n) is 4.87. The van der Waals surface area contributed by atoms with Crippen LogP contribution in [0.5, 0.6) is 11.5 Å². The van der Waals surface area contributed by atoms with Crippen molar-refractivity contribution in [2.24, 2.45) is 0 Å². The molecule has 0 radical (unpaired) electrons. The molecule has 0 saturated heterocycles. The number of benzene rings is 3. The number of halogens is 1. The third-order valence-corrected chi connectivity index (χ3v) is 6.86. The van der Waals surface area contributed by atoms with E-state index in [9.17, 15) is 13.2 Å². The molecular formula is C24H25ClN2O5S. The van der Waals surface area contributed by atoms with Crippen LogP contribution in [0.4, 0.5) is 11.4 Å². The van der Waals surface area contributed by atoms with Crippen molar-refractivity contribution in [1.29, 1.82) is 0 Å². The maximum atomic E-state index is 12.6. The predicted molar refractivity (Wildman–Crippen MR) is 130 cm³/mol. The number of amides is 1. The Labute approximate surface area is 198 Å². The van der Waals surface area contributed by atoms with Gasteiger partial charge in [0.25, 0.3) is 15.9 Å². The Morgan fingerprint density at radius 3 is 2.00 bits per heavy atom. The monoisotopic (exact) mass is 488 g/mol. The van der Waals surface area contributed by atoms with Gasteiger partial charge in [-0.05, 0) is 92.6 Å². The van der Waals surface area contributed by atoms with Crippen LogP contribution in [0.15, 0.2) is 65.6 Å². The number of sulfonamides is 1. The van der Waals surface area contributed by atoms with Crippen molar-refractivity contribution in [1.82, 2.24) is 0 Å². The first-order valence-corrected chi connectivity index (χ1v) is 12.0. The number of hydrogen-bond acceptors (Lipinski definition) is 5. The van der Waals surface area contributed by atoms with Crippen molar-refractivity contribution in [3.63, 3.8) is 0 Å². The molecule has 0 unspecified atom stereocenters. The molecule has 174 valence electrons. The molecule has 0 heterocycles. The van der Waals surface area contributed by atoms with Crippen LogP contribution >= 0.6 is 11.6 Å². The van der Waals surface area contributed by atoms with E-state index in [1.807, 2.05) is 13.8 Å². The second kappa shape index (κ2) is 10.1. The molecule has 0 saturated carbocycles. The molecule has 2 N–H and O–H groups in total. The fourth-order valence-electron chi connectivity index (χ4n) is 3.07. The molecule has 0 spiro atoms. The summed E-state index contributed by atoms with van der Waals surface area (Å²) >= 11 is 6.17. The van der Waals surface area contributed by atoms with E-state index in [0.717, 1.165) is 11.1 Å². The highest BCUT2D eigenvalue weighted by Gasteiger charge is 2.18. The van der Waals surface area contributed by atoms with E-state index in [2.05, 4.69) is 10.0 Å². The van der Waals surface area contributed by atoms with Gasteiger partial charge >= 0.3 is 0 Å². The maximum Gasteiger partial charge on any atom is 0.265 e. The Bertz CT molecular complexity index is 1220. The van der Waals surface area contributed by atoms with E-state index in [4.69, 9.17) is 21.1 Å². The number of carbonyl (C=O) groups excluding carboxylic acids is 1. The standard InChI is InChI=1S/C24H25ClN2O5S/c1-15-13-21(14-16(2)23(15)25)32-17(3)24(28)26-18-7-11-22(12-8-18)33(29,30)27-19-5-9-20(31-4)10-6-19/h5-14,17,27H,1-4H3,(H,26,28)/t17-/m0/s1. The number of rotatable bonds is 8. The molecule has 9 heteroatoms. The Hall–Kier alpha value is -3.23. The summed E-state index contributed by atoms with van der Waals surface area (Å²) in [4.78, 5) is 12.6. The summed E-state index contributed by atoms with van der Waals surface area (Å²) in [5.74, 6) is 0.799. The molecule has 1 atom stereocenters. The molecule has 33 heavy (non-hydrogen) atoms. The minimum Gasteiger partial charge on any atom is -0.497 e. The fraction of sp³-hybridized carbons (Fsp3) is 0.208. The van der Waals surface area contributed by atoms with Crippen LogP contribution in [-0.2, 0) is 14.8 Å². The van der Waals surface area contributed by atoms with Gasteiger partial charge in [-0.25, -0.2) is 8.42 Å². The number of hydrogen-bond donors (Lipinski definition) is 2. The Kier molecular flexibility index (Phi) is 7.50. The SMILES string of the molecule is COc1ccc(NS(=O)(=O)c2ccc(NC(=O)[C@H](C)Oc3cc(C)c(Cl)c(C)c3)cc2)cc1. The molecule has 3 aromatic carbocycles. The summed E-state index contributed by atoms with van der Waals surface area (Å²) in [6.07, 6.45) is -0.773. The lowest BCUT2D eigenvalue weighted by Crippen LogP contribution is -2.30. The molecule has 3 aromatic rings. The smallest absolute Gasteiger partial charge is 0.265 e. The van der Waals surface area contributed by atoms with Gasteiger partial charge in [-0.15, -0.1) is 0 Å². The lowest BCUT2D eigenvalue weighted by molar-refractivity contribution is -0.122. The third kappa shape index (κ3) is 6.18. The zero-order valence-electron chi connectivity index (χ0n) is 18.7. The van der Waals surface area contributed by atoms with Crippen molar-refractivity contribution < 1.29 is 22.7 Å². The minimum atomic E-state index is -3.79. The van der Waals surface area contributed by atoms with E-state index in [0.29, 0.717) is 27.9 Å². The second-order valence-electron chi connectivity index (χ2n) is 7.48. The Morgan fingerprint density at radius 2 is 1.45 bits per heavy atom. The van der Waals surface area contributed by atoms with Crippen molar-refractivity contribution in [3.05, 3.63) is 76.8 Å². The van der Waals surface area contributed by atoms with Crippen LogP contribution < -0.4 is 19.5 Å². The summed E-state index contributed by atoms with van der Waals surface area (Å²) in [6.45, 7) is 5.37. The highest BCUT2D eigenvalue weighted by Crippen LogP contribution is 2.27. The fourth-order valence-corrected chi connectivity index (χ4v) is 4.23. The number of methoxy groups -OCH3 is 1. The molecular weight excluding hydrogens is 464 g/mol. The molecule has 1 amide bonds. The molecule has 7 nitrogen and oxygen atoms in total. The molecule has 3 rings (SSSR count). The van der Waals surface area contributed by atoms with Crippen molar-refractivity contribution in [2.45, 2.75) is 31.8 Å². The predicted octanol–water partition coefficient (Wildman–Crippen LogP) is 5.17. The zero-order valence-corrected chi connectivity index (χ0v) is 20.3. The van der Waals surface area contributed by atoms with Gasteiger partial charge in [-0.2, -0.15) is 0 Å². The first-order chi connectivity index (χ1) is 15.6. The molecule has 0 bridgehead atoms. The van der Waals surface area contributed by atoms with Gasteiger partial charge in [0.1, 0.15) is 11.5 Å². The normalized spacial score (nSPS) is 12.0. The zero-order chi connectivity index (χ0) is 24.2. The summed E-state index contributed by atoms with van der Waals surface area (Å²) in [7, 11) is -2.25. The van der Waals surface area contributed by atoms with Crippen LogP contribution in [0.1, 0.15) is 18.1 Å². The topological polar surface area (TPSA) is 93.7 Å². The van der Waals surface area contributed by atoms with E-state index >= 15 is 0 Å². The average molecular weight is 489 g/mol. The van der Waals surface area contributed by atoms with Crippen LogP contribution in [0.3, 0.4) is 0 Å². The second-order valence-corrected chi connectivity index (χ2v) is 9.54. The van der Waals surface area contributed by atoms with Crippen LogP contribution in [0.25, 0.3) is 0 Å². The van der Waals surface area contributed by atoms with Crippen molar-refractivity contribution in [3.8, 4) is 11.5 Å². The van der Waals surface area contributed by atoms with Gasteiger partial charge in [0.15, 0.2) is 6.10 Å². The van der Waals surface area contributed by atoms with Gasteiger partial charge in [0.05, 0.1) is 12.0 Å². The number of aryl methyl sites for hydroxylation is 2. The van der Waals surface area contributed by atoms with Gasteiger partial charge < -0.3 is 14.8 Å². The van der Waals surface area contributed by atoms with E-state index < -0.39 is 16.1 Å². The van der Waals surface area contributed by atoms with E-state index in [1.54, 1.807) is 43.3 Å². The number of anilines is 2. The molecule has 0 aromatic heterocycles. The van der Waals surface area contributed by atoms with Crippen LogP contribution in [0, 0.1) is 13.8 Å². The van der Waals surface area contributed by atoms with Crippen LogP contribution in [0.2, 0.25) is 5.02 Å². The van der Waals surface area contributed by atoms with Crippen LogP contribution in [-0.4, -0.2) is 27.5 Å². The molecule has 0 aliphatic rings. The first kappa shape index (κ1) is 24.4. The molecule has 0 fully saturated rings. The Balaban J connectivity index is 1.63. The number of ether oxygens (including phenoxy) is 2. The lowest BCUT2D eigenvalue weighted by Gasteiger charge is -2.16. The minimum absolute atomic E-state index is 0.0627. The van der Waals surface area contributed by atoms with E-state index in [1.165, 1.54) is 31.4 Å². The van der Waals surface area contributed by atoms with Crippen molar-refractivity contribution >= 4 is 38.9 Å². The maximum absolute atomic E-state index is 12.6. The Morgan fingerprint density at radius 1 is 0.909 bits per heavy atom. The lowest BCUT2D eigenvalue weighted by atomic mass is 10.1. The average Bonchev–Trinajstić information content (AvgIpc) is 2.78. The summed E-state index contributed by atoms with van der Waals surface area (Å²) in [5, 5.41) is 3.39. The largest absolute Gasteiger partial charge is 0.497 e. The highest BCUT2D eigenvalue weighted by molar-refractivity contribution is 7.92. The summed E-state index contributed by atoms with van der Waals surface area (Å²) < 4.78 is 38.6. The van der Waals surface area contributed by atoms with Gasteiger partial charge in [-0.3, -0.25) is 9.52 Å². The van der Waals surface area contributed by atoms with Gasteiger partial charge in [0.2, 0.25) is 0 Å². The molecule has 0 aliphatic heterocycles. The highest BCUT2D eigenvalue weighted by atomic mass is 35.5. The number of nitrogens with one attached hydrogen (secondary N) is 2. The quantitative estimate of drug-likeness (QED) is 0.456. The van der Waals surface area contributed by atoms with E-state index in [-0.39, 0.29) is 10.8 Å².